The van der Waals surface area contributed by atoms with E-state index in [2.05, 4.69) is 32.0 Å². The zero-order valence-electron chi connectivity index (χ0n) is 12.5. The van der Waals surface area contributed by atoms with Crippen LogP contribution in [0.2, 0.25) is 5.02 Å². The number of hydrogen-bond acceptors (Lipinski definition) is 1. The van der Waals surface area contributed by atoms with Gasteiger partial charge in [0.25, 0.3) is 0 Å². The second-order valence-corrected chi connectivity index (χ2v) is 6.17. The monoisotopic (exact) mass is 297 g/mol. The van der Waals surface area contributed by atoms with E-state index in [4.69, 9.17) is 11.6 Å². The lowest BCUT2D eigenvalue weighted by Crippen LogP contribution is -2.31. The molecule has 108 valence electrons. The Kier molecular flexibility index (Phi) is 5.04. The molecular weight excluding hydrogens is 278 g/mol. The van der Waals surface area contributed by atoms with Gasteiger partial charge in [-0.05, 0) is 42.0 Å². The quantitative estimate of drug-likeness (QED) is 0.726. The van der Waals surface area contributed by atoms with Crippen molar-refractivity contribution in [2.24, 2.45) is 5.92 Å². The Morgan fingerprint density at radius 2 is 1.67 bits per heavy atom. The van der Waals surface area contributed by atoms with E-state index in [1.807, 2.05) is 42.5 Å². The van der Waals surface area contributed by atoms with Crippen molar-refractivity contribution in [1.82, 2.24) is 0 Å². The van der Waals surface area contributed by atoms with Crippen LogP contribution in [0.3, 0.4) is 0 Å². The lowest BCUT2D eigenvalue weighted by molar-refractivity contribution is 0.369. The van der Waals surface area contributed by atoms with Crippen LogP contribution < -0.4 is 0 Å². The van der Waals surface area contributed by atoms with Gasteiger partial charge in [-0.25, -0.2) is 0 Å². The van der Waals surface area contributed by atoms with Crippen molar-refractivity contribution >= 4 is 11.6 Å². The molecule has 21 heavy (non-hydrogen) atoms. The average molecular weight is 298 g/mol. The summed E-state index contributed by atoms with van der Waals surface area (Å²) in [5.74, 6) is 0.261. The highest BCUT2D eigenvalue weighted by Crippen LogP contribution is 2.36. The highest BCUT2D eigenvalue weighted by atomic mass is 35.5. The number of aryl methyl sites for hydroxylation is 1. The van der Waals surface area contributed by atoms with E-state index >= 15 is 0 Å². The molecular formula is C19H20ClN. The first-order valence-electron chi connectivity index (χ1n) is 7.30. The number of hydrogen-bond donors (Lipinski definition) is 0. The summed E-state index contributed by atoms with van der Waals surface area (Å²) >= 11 is 5.92. The minimum atomic E-state index is -0.444. The van der Waals surface area contributed by atoms with Crippen molar-refractivity contribution in [2.45, 2.75) is 32.1 Å². The lowest BCUT2D eigenvalue weighted by atomic mass is 9.69. The Morgan fingerprint density at radius 3 is 2.19 bits per heavy atom. The number of nitriles is 1. The highest BCUT2D eigenvalue weighted by Gasteiger charge is 2.35. The average Bonchev–Trinajstić information content (AvgIpc) is 2.51. The molecule has 0 aliphatic carbocycles. The molecule has 0 fully saturated rings. The van der Waals surface area contributed by atoms with Crippen LogP contribution in [0.5, 0.6) is 0 Å². The molecule has 0 aliphatic rings. The van der Waals surface area contributed by atoms with Gasteiger partial charge in [-0.2, -0.15) is 5.26 Å². The first-order valence-corrected chi connectivity index (χ1v) is 7.67. The van der Waals surface area contributed by atoms with Crippen molar-refractivity contribution in [2.75, 3.05) is 0 Å². The first-order chi connectivity index (χ1) is 10.1. The van der Waals surface area contributed by atoms with Crippen LogP contribution in [0.25, 0.3) is 0 Å². The Labute approximate surface area is 132 Å². The Balaban J connectivity index is 2.26. The van der Waals surface area contributed by atoms with Gasteiger partial charge in [0.2, 0.25) is 0 Å². The molecule has 0 aromatic heterocycles. The van der Waals surface area contributed by atoms with Crippen molar-refractivity contribution in [1.29, 1.82) is 5.26 Å². The van der Waals surface area contributed by atoms with E-state index in [1.54, 1.807) is 0 Å². The number of halogens is 1. The molecule has 0 spiro atoms. The minimum Gasteiger partial charge on any atom is -0.197 e. The molecule has 1 unspecified atom stereocenters. The molecule has 0 aliphatic heterocycles. The molecule has 0 saturated heterocycles. The normalized spacial score (nSPS) is 13.7. The zero-order chi connectivity index (χ0) is 15.3. The van der Waals surface area contributed by atoms with Crippen LogP contribution in [0.4, 0.5) is 0 Å². The number of benzene rings is 2. The zero-order valence-corrected chi connectivity index (χ0v) is 13.3. The third kappa shape index (κ3) is 3.46. The second kappa shape index (κ2) is 6.78. The predicted molar refractivity (Wildman–Crippen MR) is 88.3 cm³/mol. The molecule has 2 aromatic carbocycles. The van der Waals surface area contributed by atoms with Crippen molar-refractivity contribution in [3.8, 4) is 6.07 Å². The standard InChI is InChI=1S/C19H20ClN/c1-15(2)19(14-21,17-6-4-3-5-7-17)13-12-16-8-10-18(20)11-9-16/h3-11,15H,12-13H2,1-2H3. The molecule has 0 bridgehead atoms. The summed E-state index contributed by atoms with van der Waals surface area (Å²) in [6, 6.07) is 20.6. The van der Waals surface area contributed by atoms with Crippen molar-refractivity contribution < 1.29 is 0 Å². The predicted octanol–water partition coefficient (Wildman–Crippen LogP) is 5.39. The van der Waals surface area contributed by atoms with Crippen molar-refractivity contribution in [3.63, 3.8) is 0 Å². The van der Waals surface area contributed by atoms with Crippen LogP contribution in [0.1, 0.15) is 31.4 Å². The Hall–Kier alpha value is -1.78. The molecule has 1 atom stereocenters. The van der Waals surface area contributed by atoms with Gasteiger partial charge in [-0.1, -0.05) is 67.9 Å². The molecule has 0 radical (unpaired) electrons. The van der Waals surface area contributed by atoms with E-state index in [1.165, 1.54) is 5.56 Å². The molecule has 0 amide bonds. The summed E-state index contributed by atoms with van der Waals surface area (Å²) in [4.78, 5) is 0. The van der Waals surface area contributed by atoms with Gasteiger partial charge in [0.1, 0.15) is 0 Å². The van der Waals surface area contributed by atoms with Gasteiger partial charge >= 0.3 is 0 Å². The molecule has 0 saturated carbocycles. The molecule has 1 nitrogen and oxygen atoms in total. The van der Waals surface area contributed by atoms with Crippen LogP contribution in [0.15, 0.2) is 54.6 Å². The van der Waals surface area contributed by atoms with E-state index < -0.39 is 5.41 Å². The van der Waals surface area contributed by atoms with E-state index in [-0.39, 0.29) is 5.92 Å². The van der Waals surface area contributed by atoms with Crippen LogP contribution >= 0.6 is 11.6 Å². The topological polar surface area (TPSA) is 23.8 Å². The summed E-state index contributed by atoms with van der Waals surface area (Å²) in [6.07, 6.45) is 1.69. The summed E-state index contributed by atoms with van der Waals surface area (Å²) < 4.78 is 0. The van der Waals surface area contributed by atoms with Crippen molar-refractivity contribution in [3.05, 3.63) is 70.7 Å². The Morgan fingerprint density at radius 1 is 1.05 bits per heavy atom. The van der Waals surface area contributed by atoms with E-state index in [9.17, 15) is 5.26 Å². The minimum absolute atomic E-state index is 0.261. The van der Waals surface area contributed by atoms with Gasteiger partial charge in [0.05, 0.1) is 11.5 Å². The molecule has 2 aromatic rings. The largest absolute Gasteiger partial charge is 0.197 e. The molecule has 0 N–H and O–H groups in total. The fourth-order valence-electron chi connectivity index (χ4n) is 2.74. The Bertz CT molecular complexity index is 610. The summed E-state index contributed by atoms with van der Waals surface area (Å²) in [6.45, 7) is 4.25. The molecule has 2 rings (SSSR count). The maximum absolute atomic E-state index is 9.85. The SMILES string of the molecule is CC(C)C(C#N)(CCc1ccc(Cl)cc1)c1ccccc1. The maximum Gasteiger partial charge on any atom is 0.0848 e. The fraction of sp³-hybridized carbons (Fsp3) is 0.316. The van der Waals surface area contributed by atoms with E-state index in [0.29, 0.717) is 0 Å². The van der Waals surface area contributed by atoms with Gasteiger partial charge in [0.15, 0.2) is 0 Å². The summed E-state index contributed by atoms with van der Waals surface area (Å²) in [5.41, 5.74) is 1.88. The van der Waals surface area contributed by atoms with Crippen LogP contribution in [0, 0.1) is 17.2 Å². The van der Waals surface area contributed by atoms with Gasteiger partial charge < -0.3 is 0 Å². The molecule has 0 heterocycles. The third-order valence-electron chi connectivity index (χ3n) is 4.20. The van der Waals surface area contributed by atoms with Crippen LogP contribution in [-0.2, 0) is 11.8 Å². The number of rotatable bonds is 5. The second-order valence-electron chi connectivity index (χ2n) is 5.73. The third-order valence-corrected chi connectivity index (χ3v) is 4.45. The fourth-order valence-corrected chi connectivity index (χ4v) is 2.87. The van der Waals surface area contributed by atoms with E-state index in [0.717, 1.165) is 23.4 Å². The van der Waals surface area contributed by atoms with Gasteiger partial charge in [-0.15, -0.1) is 0 Å². The lowest BCUT2D eigenvalue weighted by Gasteiger charge is -2.31. The smallest absolute Gasteiger partial charge is 0.0848 e. The highest BCUT2D eigenvalue weighted by molar-refractivity contribution is 6.30. The summed E-state index contributed by atoms with van der Waals surface area (Å²) in [7, 11) is 0. The van der Waals surface area contributed by atoms with Gasteiger partial charge in [-0.3, -0.25) is 0 Å². The first kappa shape index (κ1) is 15.6. The maximum atomic E-state index is 9.85. The van der Waals surface area contributed by atoms with Crippen LogP contribution in [-0.4, -0.2) is 0 Å². The summed E-state index contributed by atoms with van der Waals surface area (Å²) in [5, 5.41) is 10.6. The van der Waals surface area contributed by atoms with Gasteiger partial charge in [0, 0.05) is 5.02 Å². The molecule has 2 heteroatoms. The number of nitrogens with zero attached hydrogens (tertiary/aromatic N) is 1.